The van der Waals surface area contributed by atoms with Crippen LogP contribution < -0.4 is 10.5 Å². The summed E-state index contributed by atoms with van der Waals surface area (Å²) in [6.45, 7) is 0.260. The molecule has 0 aromatic heterocycles. The fraction of sp³-hybridized carbons (Fsp3) is 0.800. The van der Waals surface area contributed by atoms with E-state index in [9.17, 15) is 13.2 Å². The number of thioether (sulfide) groups is 1. The van der Waals surface area contributed by atoms with Crippen molar-refractivity contribution in [3.63, 3.8) is 0 Å². The SMILES string of the molecule is CS(=O)(=O)NCCC[C@H](N)C(=O)N1CSC[C@H]1C#N. The monoisotopic (exact) mass is 306 g/mol. The second-order valence-electron chi connectivity index (χ2n) is 4.37. The zero-order valence-corrected chi connectivity index (χ0v) is 12.3. The number of hydrogen-bond donors (Lipinski definition) is 2. The van der Waals surface area contributed by atoms with Gasteiger partial charge in [0.1, 0.15) is 6.04 Å². The van der Waals surface area contributed by atoms with Gasteiger partial charge in [0.25, 0.3) is 0 Å². The largest absolute Gasteiger partial charge is 0.320 e. The molecule has 0 unspecified atom stereocenters. The van der Waals surface area contributed by atoms with Gasteiger partial charge < -0.3 is 10.6 Å². The number of amides is 1. The van der Waals surface area contributed by atoms with Gasteiger partial charge >= 0.3 is 0 Å². The average Bonchev–Trinajstić information content (AvgIpc) is 2.80. The standard InChI is InChI=1S/C10H18N4O3S2/c1-19(16,17)13-4-2-3-9(12)10(15)14-7-18-6-8(14)5-11/h8-9,13H,2-4,6-7,12H2,1H3/t8-,9+/m1/s1. The van der Waals surface area contributed by atoms with Crippen LogP contribution in [0.15, 0.2) is 0 Å². The Labute approximate surface area is 117 Å². The summed E-state index contributed by atoms with van der Waals surface area (Å²) in [4.78, 5) is 13.5. The Morgan fingerprint density at radius 1 is 1.68 bits per heavy atom. The maximum Gasteiger partial charge on any atom is 0.241 e. The highest BCUT2D eigenvalue weighted by molar-refractivity contribution is 7.99. The average molecular weight is 306 g/mol. The molecule has 1 amide bonds. The lowest BCUT2D eigenvalue weighted by Crippen LogP contribution is -2.46. The van der Waals surface area contributed by atoms with E-state index in [1.54, 1.807) is 0 Å². The third kappa shape index (κ3) is 5.36. The van der Waals surface area contributed by atoms with E-state index in [1.807, 2.05) is 0 Å². The number of carbonyl (C=O) groups excluding carboxylic acids is 1. The van der Waals surface area contributed by atoms with Crippen LogP contribution in [0.5, 0.6) is 0 Å². The van der Waals surface area contributed by atoms with Crippen molar-refractivity contribution in [2.75, 3.05) is 24.4 Å². The summed E-state index contributed by atoms with van der Waals surface area (Å²) >= 11 is 1.53. The fourth-order valence-corrected chi connectivity index (χ4v) is 3.28. The van der Waals surface area contributed by atoms with E-state index < -0.39 is 22.1 Å². The second-order valence-corrected chi connectivity index (χ2v) is 7.20. The third-order valence-corrected chi connectivity index (χ3v) is 4.43. The zero-order valence-electron chi connectivity index (χ0n) is 10.7. The van der Waals surface area contributed by atoms with Crippen LogP contribution in [0.3, 0.4) is 0 Å². The molecule has 0 radical (unpaired) electrons. The molecule has 1 saturated heterocycles. The molecular formula is C10H18N4O3S2. The summed E-state index contributed by atoms with van der Waals surface area (Å²) in [5.41, 5.74) is 5.78. The number of rotatable bonds is 6. The van der Waals surface area contributed by atoms with Gasteiger partial charge in [-0.25, -0.2) is 13.1 Å². The van der Waals surface area contributed by atoms with Crippen molar-refractivity contribution in [3.8, 4) is 6.07 Å². The number of carbonyl (C=O) groups is 1. The van der Waals surface area contributed by atoms with Crippen LogP contribution in [-0.2, 0) is 14.8 Å². The van der Waals surface area contributed by atoms with Gasteiger partial charge in [-0.05, 0) is 12.8 Å². The van der Waals surface area contributed by atoms with Crippen LogP contribution in [0.4, 0.5) is 0 Å². The van der Waals surface area contributed by atoms with Crippen molar-refractivity contribution in [2.24, 2.45) is 5.73 Å². The Bertz CT molecular complexity index is 460. The van der Waals surface area contributed by atoms with Crippen LogP contribution in [0.1, 0.15) is 12.8 Å². The quantitative estimate of drug-likeness (QED) is 0.612. The predicted molar refractivity (Wildman–Crippen MR) is 73.6 cm³/mol. The third-order valence-electron chi connectivity index (χ3n) is 2.69. The van der Waals surface area contributed by atoms with Gasteiger partial charge in [-0.1, -0.05) is 0 Å². The molecule has 3 N–H and O–H groups in total. The molecule has 0 aromatic carbocycles. The lowest BCUT2D eigenvalue weighted by atomic mass is 10.1. The Hall–Kier alpha value is -0.820. The molecule has 1 fully saturated rings. The minimum absolute atomic E-state index is 0.240. The zero-order chi connectivity index (χ0) is 14.5. The van der Waals surface area contributed by atoms with Gasteiger partial charge in [0, 0.05) is 12.3 Å². The fourth-order valence-electron chi connectivity index (χ4n) is 1.68. The highest BCUT2D eigenvalue weighted by Crippen LogP contribution is 2.21. The summed E-state index contributed by atoms with van der Waals surface area (Å²) < 4.78 is 24.0. The normalized spacial score (nSPS) is 21.1. The van der Waals surface area contributed by atoms with Gasteiger partial charge in [-0.15, -0.1) is 11.8 Å². The summed E-state index contributed by atoms with van der Waals surface area (Å²) in [5, 5.41) is 8.90. The molecule has 0 saturated carbocycles. The molecule has 1 rings (SSSR count). The van der Waals surface area contributed by atoms with Gasteiger partial charge in [-0.2, -0.15) is 5.26 Å². The molecule has 0 spiro atoms. The Morgan fingerprint density at radius 3 is 2.95 bits per heavy atom. The first-order chi connectivity index (χ1) is 8.85. The lowest BCUT2D eigenvalue weighted by Gasteiger charge is -2.22. The molecule has 1 aliphatic rings. The van der Waals surface area contributed by atoms with Gasteiger partial charge in [0.15, 0.2) is 0 Å². The van der Waals surface area contributed by atoms with E-state index in [1.165, 1.54) is 16.7 Å². The Morgan fingerprint density at radius 2 is 2.37 bits per heavy atom. The summed E-state index contributed by atoms with van der Waals surface area (Å²) in [6.07, 6.45) is 1.95. The molecule has 19 heavy (non-hydrogen) atoms. The highest BCUT2D eigenvalue weighted by Gasteiger charge is 2.31. The molecule has 0 bridgehead atoms. The van der Waals surface area contributed by atoms with E-state index >= 15 is 0 Å². The molecule has 0 aliphatic carbocycles. The number of nitrogens with two attached hydrogens (primary N) is 1. The Kier molecular flexibility index (Phi) is 6.06. The van der Waals surface area contributed by atoms with Crippen LogP contribution in [0, 0.1) is 11.3 Å². The van der Waals surface area contributed by atoms with E-state index in [0.717, 1.165) is 6.26 Å². The number of nitrogens with zero attached hydrogens (tertiary/aromatic N) is 2. The molecule has 1 aliphatic heterocycles. The van der Waals surface area contributed by atoms with Crippen LogP contribution in [0.25, 0.3) is 0 Å². The van der Waals surface area contributed by atoms with E-state index in [4.69, 9.17) is 11.0 Å². The smallest absolute Gasteiger partial charge is 0.241 e. The Balaban J connectivity index is 2.35. The van der Waals surface area contributed by atoms with E-state index in [-0.39, 0.29) is 12.5 Å². The topological polar surface area (TPSA) is 116 Å². The summed E-state index contributed by atoms with van der Waals surface area (Å²) in [6, 6.07) is 0.985. The van der Waals surface area contributed by atoms with Crippen LogP contribution >= 0.6 is 11.8 Å². The maximum absolute atomic E-state index is 12.0. The van der Waals surface area contributed by atoms with Crippen molar-refractivity contribution in [1.29, 1.82) is 5.26 Å². The lowest BCUT2D eigenvalue weighted by molar-refractivity contribution is -0.132. The van der Waals surface area contributed by atoms with E-state index in [2.05, 4.69) is 10.8 Å². The first-order valence-corrected chi connectivity index (χ1v) is 8.88. The summed E-state index contributed by atoms with van der Waals surface area (Å²) in [5.74, 6) is 0.868. The number of nitrogens with one attached hydrogen (secondary N) is 1. The molecule has 2 atom stereocenters. The van der Waals surface area contributed by atoms with Crippen molar-refractivity contribution in [3.05, 3.63) is 0 Å². The first-order valence-electron chi connectivity index (χ1n) is 5.83. The summed E-state index contributed by atoms with van der Waals surface area (Å²) in [7, 11) is -3.20. The van der Waals surface area contributed by atoms with Gasteiger partial charge in [-0.3, -0.25) is 4.79 Å². The van der Waals surface area contributed by atoms with Gasteiger partial charge in [0.2, 0.25) is 15.9 Å². The molecule has 7 nitrogen and oxygen atoms in total. The number of nitriles is 1. The second kappa shape index (κ2) is 7.09. The van der Waals surface area contributed by atoms with Crippen molar-refractivity contribution in [2.45, 2.75) is 24.9 Å². The van der Waals surface area contributed by atoms with Crippen molar-refractivity contribution < 1.29 is 13.2 Å². The molecular weight excluding hydrogens is 288 g/mol. The van der Waals surface area contributed by atoms with E-state index in [0.29, 0.717) is 24.5 Å². The molecule has 108 valence electrons. The minimum atomic E-state index is -3.20. The highest BCUT2D eigenvalue weighted by atomic mass is 32.2. The van der Waals surface area contributed by atoms with Crippen molar-refractivity contribution >= 4 is 27.7 Å². The molecule has 0 aromatic rings. The maximum atomic E-state index is 12.0. The number of hydrogen-bond acceptors (Lipinski definition) is 6. The number of sulfonamides is 1. The van der Waals surface area contributed by atoms with Crippen molar-refractivity contribution in [1.82, 2.24) is 9.62 Å². The van der Waals surface area contributed by atoms with Crippen LogP contribution in [-0.4, -0.2) is 55.7 Å². The minimum Gasteiger partial charge on any atom is -0.320 e. The predicted octanol–water partition coefficient (Wildman–Crippen LogP) is -0.932. The van der Waals surface area contributed by atoms with Gasteiger partial charge in [0.05, 0.1) is 24.2 Å². The molecule has 9 heteroatoms. The van der Waals surface area contributed by atoms with Crippen LogP contribution in [0.2, 0.25) is 0 Å². The molecule has 1 heterocycles. The first kappa shape index (κ1) is 16.2.